The fourth-order valence-electron chi connectivity index (χ4n) is 9.56. The molecule has 5 heteroatoms. The molecule has 13 rings (SSSR count). The lowest BCUT2D eigenvalue weighted by molar-refractivity contribution is 0.669. The van der Waals surface area contributed by atoms with Crippen LogP contribution in [0.5, 0.6) is 0 Å². The van der Waals surface area contributed by atoms with Crippen molar-refractivity contribution in [1.29, 1.82) is 0 Å². The fourth-order valence-corrected chi connectivity index (χ4v) is 9.56. The van der Waals surface area contributed by atoms with Crippen LogP contribution in [0.2, 0.25) is 0 Å². The first-order chi connectivity index (χ1) is 31.7. The molecule has 0 N–H and O–H groups in total. The van der Waals surface area contributed by atoms with Gasteiger partial charge in [-0.3, -0.25) is 0 Å². The van der Waals surface area contributed by atoms with Crippen LogP contribution in [0.25, 0.3) is 127 Å². The summed E-state index contributed by atoms with van der Waals surface area (Å²) in [6.07, 6.45) is 0. The molecule has 298 valence electrons. The summed E-state index contributed by atoms with van der Waals surface area (Å²) in [6.45, 7) is 0. The van der Waals surface area contributed by atoms with Crippen LogP contribution in [0.15, 0.2) is 223 Å². The van der Waals surface area contributed by atoms with E-state index in [1.165, 1.54) is 32.6 Å². The highest BCUT2D eigenvalue weighted by Gasteiger charge is 2.20. The van der Waals surface area contributed by atoms with Gasteiger partial charge in [0, 0.05) is 54.9 Å². The Labute approximate surface area is 368 Å². The Kier molecular flexibility index (Phi) is 8.15. The van der Waals surface area contributed by atoms with Crippen LogP contribution in [0.3, 0.4) is 0 Å². The van der Waals surface area contributed by atoms with Gasteiger partial charge in [0.15, 0.2) is 11.4 Å². The molecular formula is C59H36N4O. The lowest BCUT2D eigenvalue weighted by Crippen LogP contribution is -1.97. The molecule has 0 fully saturated rings. The highest BCUT2D eigenvalue weighted by molar-refractivity contribution is 6.27. The number of furan rings is 1. The molecule has 4 heterocycles. The highest BCUT2D eigenvalue weighted by Crippen LogP contribution is 2.42. The van der Waals surface area contributed by atoms with Gasteiger partial charge in [-0.15, -0.1) is 0 Å². The maximum Gasteiger partial charge on any atom is 0.162 e. The first kappa shape index (κ1) is 36.0. The van der Waals surface area contributed by atoms with Crippen LogP contribution in [-0.2, 0) is 0 Å². The van der Waals surface area contributed by atoms with Crippen molar-refractivity contribution < 1.29 is 4.42 Å². The first-order valence-electron chi connectivity index (χ1n) is 21.6. The fraction of sp³-hybridized carbons (Fsp3) is 0. The Morgan fingerprint density at radius 3 is 1.67 bits per heavy atom. The highest BCUT2D eigenvalue weighted by atomic mass is 16.3. The van der Waals surface area contributed by atoms with Gasteiger partial charge in [-0.2, -0.15) is 0 Å². The molecular weight excluding hydrogens is 781 g/mol. The van der Waals surface area contributed by atoms with E-state index in [1.54, 1.807) is 0 Å². The number of nitrogens with zero attached hydrogens (tertiary/aromatic N) is 4. The normalized spacial score (nSPS) is 11.8. The average molecular weight is 817 g/mol. The molecule has 0 spiro atoms. The Morgan fingerprint density at radius 1 is 0.359 bits per heavy atom. The van der Waals surface area contributed by atoms with Gasteiger partial charge < -0.3 is 8.98 Å². The van der Waals surface area contributed by atoms with Gasteiger partial charge in [-0.05, 0) is 64.4 Å². The summed E-state index contributed by atoms with van der Waals surface area (Å²) in [5, 5.41) is 8.15. The van der Waals surface area contributed by atoms with Crippen molar-refractivity contribution in [3.05, 3.63) is 218 Å². The molecule has 64 heavy (non-hydrogen) atoms. The topological polar surface area (TPSA) is 56.7 Å². The standard InChI is InChI=1S/C59H36N4O/c1-2-14-42(15-3-1)59-61-50(36-51(62-59)43-16-12-17-44(35-43)63-52-22-9-6-19-46(52)47-20-7-10-23-53(47)63)40-29-25-37(26-30-40)38-27-31-41(32-28-38)57-58-56(48-21-8-11-24-54(48)64-58)55-45-18-5-4-13-39(45)33-34-49(55)60-57/h1-36H. The van der Waals surface area contributed by atoms with E-state index in [4.69, 9.17) is 19.4 Å². The third-order valence-electron chi connectivity index (χ3n) is 12.6. The molecule has 0 aliphatic carbocycles. The van der Waals surface area contributed by atoms with Gasteiger partial charge in [-0.1, -0.05) is 176 Å². The van der Waals surface area contributed by atoms with E-state index in [0.29, 0.717) is 5.82 Å². The maximum absolute atomic E-state index is 6.62. The molecule has 0 unspecified atom stereocenters. The van der Waals surface area contributed by atoms with E-state index in [9.17, 15) is 0 Å². The van der Waals surface area contributed by atoms with Crippen LogP contribution < -0.4 is 0 Å². The third-order valence-corrected chi connectivity index (χ3v) is 12.6. The zero-order valence-corrected chi connectivity index (χ0v) is 34.5. The number of pyridine rings is 1. The predicted octanol–water partition coefficient (Wildman–Crippen LogP) is 15.5. The number of hydrogen-bond acceptors (Lipinski definition) is 4. The maximum atomic E-state index is 6.62. The summed E-state index contributed by atoms with van der Waals surface area (Å²) in [4.78, 5) is 15.6. The second-order valence-corrected chi connectivity index (χ2v) is 16.3. The molecule has 0 aliphatic rings. The Bertz CT molecular complexity index is 3890. The number of para-hydroxylation sites is 3. The third kappa shape index (κ3) is 5.83. The SMILES string of the molecule is c1ccc(-c2nc(-c3ccc(-c4ccc(-c5nc6ccc7ccccc7c6c6c5oc5ccccc56)cc4)cc3)cc(-c3cccc(-n4c5ccccc5c5ccccc54)c3)n2)cc1. The lowest BCUT2D eigenvalue weighted by atomic mass is 9.97. The summed E-state index contributed by atoms with van der Waals surface area (Å²) in [5.41, 5.74) is 14.8. The van der Waals surface area contributed by atoms with Crippen molar-refractivity contribution in [2.45, 2.75) is 0 Å². The monoisotopic (exact) mass is 816 g/mol. The second kappa shape index (κ2) is 14.5. The molecule has 0 saturated heterocycles. The summed E-state index contributed by atoms with van der Waals surface area (Å²) in [5.74, 6) is 0.684. The molecule has 4 aromatic heterocycles. The van der Waals surface area contributed by atoms with Gasteiger partial charge >= 0.3 is 0 Å². The van der Waals surface area contributed by atoms with Crippen molar-refractivity contribution in [2.24, 2.45) is 0 Å². The smallest absolute Gasteiger partial charge is 0.162 e. The average Bonchev–Trinajstić information content (AvgIpc) is 3.93. The molecule has 13 aromatic rings. The Balaban J connectivity index is 0.871. The van der Waals surface area contributed by atoms with Crippen LogP contribution in [-0.4, -0.2) is 19.5 Å². The largest absolute Gasteiger partial charge is 0.454 e. The summed E-state index contributed by atoms with van der Waals surface area (Å²) in [6, 6.07) is 76.6. The minimum Gasteiger partial charge on any atom is -0.454 e. The number of rotatable bonds is 6. The summed E-state index contributed by atoms with van der Waals surface area (Å²) < 4.78 is 8.96. The van der Waals surface area contributed by atoms with Crippen LogP contribution >= 0.6 is 0 Å². The molecule has 0 saturated carbocycles. The first-order valence-corrected chi connectivity index (χ1v) is 21.6. The number of benzene rings is 9. The zero-order chi connectivity index (χ0) is 42.1. The van der Waals surface area contributed by atoms with E-state index >= 15 is 0 Å². The number of hydrogen-bond donors (Lipinski definition) is 0. The molecule has 0 aliphatic heterocycles. The molecule has 5 nitrogen and oxygen atoms in total. The van der Waals surface area contributed by atoms with E-state index in [0.717, 1.165) is 89.0 Å². The van der Waals surface area contributed by atoms with Crippen molar-refractivity contribution in [1.82, 2.24) is 19.5 Å². The zero-order valence-electron chi connectivity index (χ0n) is 34.5. The predicted molar refractivity (Wildman–Crippen MR) is 264 cm³/mol. The summed E-state index contributed by atoms with van der Waals surface area (Å²) >= 11 is 0. The van der Waals surface area contributed by atoms with Crippen molar-refractivity contribution >= 4 is 65.4 Å². The van der Waals surface area contributed by atoms with E-state index in [1.807, 2.05) is 30.3 Å². The van der Waals surface area contributed by atoms with Gasteiger partial charge in [0.1, 0.15) is 11.3 Å². The van der Waals surface area contributed by atoms with E-state index in [2.05, 4.69) is 193 Å². The minimum absolute atomic E-state index is 0.684. The quantitative estimate of drug-likeness (QED) is 0.157. The summed E-state index contributed by atoms with van der Waals surface area (Å²) in [7, 11) is 0. The molecule has 0 amide bonds. The van der Waals surface area contributed by atoms with Crippen LogP contribution in [0.1, 0.15) is 0 Å². The van der Waals surface area contributed by atoms with E-state index in [-0.39, 0.29) is 0 Å². The van der Waals surface area contributed by atoms with Crippen molar-refractivity contribution in [2.75, 3.05) is 0 Å². The van der Waals surface area contributed by atoms with Crippen molar-refractivity contribution in [3.63, 3.8) is 0 Å². The lowest BCUT2D eigenvalue weighted by Gasteiger charge is -2.12. The Morgan fingerprint density at radius 2 is 0.938 bits per heavy atom. The second-order valence-electron chi connectivity index (χ2n) is 16.3. The van der Waals surface area contributed by atoms with E-state index < -0.39 is 0 Å². The van der Waals surface area contributed by atoms with Crippen LogP contribution in [0.4, 0.5) is 0 Å². The Hall–Kier alpha value is -8.67. The number of fused-ring (bicyclic) bond motifs is 10. The van der Waals surface area contributed by atoms with Crippen molar-refractivity contribution in [3.8, 4) is 62.0 Å². The minimum atomic E-state index is 0.684. The number of aromatic nitrogens is 4. The molecule has 9 aromatic carbocycles. The molecule has 0 bridgehead atoms. The van der Waals surface area contributed by atoms with Gasteiger partial charge in [0.05, 0.1) is 27.9 Å². The molecule has 0 atom stereocenters. The molecule has 0 radical (unpaired) electrons. The van der Waals surface area contributed by atoms with Gasteiger partial charge in [0.2, 0.25) is 0 Å². The van der Waals surface area contributed by atoms with Crippen LogP contribution in [0, 0.1) is 0 Å². The van der Waals surface area contributed by atoms with Gasteiger partial charge in [-0.25, -0.2) is 15.0 Å². The van der Waals surface area contributed by atoms with Gasteiger partial charge in [0.25, 0.3) is 0 Å².